The van der Waals surface area contributed by atoms with Gasteiger partial charge in [0.2, 0.25) is 0 Å². The van der Waals surface area contributed by atoms with Crippen molar-refractivity contribution in [3.8, 4) is 0 Å². The normalized spacial score (nSPS) is 10.6. The molecule has 2 N–H and O–H groups in total. The molecule has 0 amide bonds. The van der Waals surface area contributed by atoms with E-state index in [0.717, 1.165) is 14.1 Å². The summed E-state index contributed by atoms with van der Waals surface area (Å²) in [7, 11) is 0. The maximum Gasteiger partial charge on any atom is 0.290 e. The second kappa shape index (κ2) is 5.66. The third-order valence-electron chi connectivity index (χ3n) is 2.30. The van der Waals surface area contributed by atoms with E-state index in [9.17, 15) is 9.59 Å². The smallest absolute Gasteiger partial charge is 0.290 e. The lowest BCUT2D eigenvalue weighted by Crippen LogP contribution is -2.23. The van der Waals surface area contributed by atoms with Gasteiger partial charge < -0.3 is 10.3 Å². The van der Waals surface area contributed by atoms with E-state index in [1.807, 2.05) is 6.07 Å². The number of aromatic nitrogens is 1. The van der Waals surface area contributed by atoms with Gasteiger partial charge in [-0.1, -0.05) is 0 Å². The molecule has 1 aromatic heterocycles. The van der Waals surface area contributed by atoms with Gasteiger partial charge in [0, 0.05) is 21.1 Å². The third-order valence-corrected chi connectivity index (χ3v) is 4.27. The predicted octanol–water partition coefficient (Wildman–Crippen LogP) is 2.53. The van der Waals surface area contributed by atoms with Gasteiger partial charge in [0.15, 0.2) is 0 Å². The minimum absolute atomic E-state index is 0.107. The molecular formula is C12H11BrN2O3S. The van der Waals surface area contributed by atoms with Crippen molar-refractivity contribution in [2.24, 2.45) is 0 Å². The molecule has 0 bridgehead atoms. The molecule has 0 fully saturated rings. The first-order chi connectivity index (χ1) is 8.97. The molecule has 1 heterocycles. The molecule has 100 valence electrons. The van der Waals surface area contributed by atoms with Crippen LogP contribution in [0, 0.1) is 6.92 Å². The first-order valence-corrected chi connectivity index (χ1v) is 7.16. The van der Waals surface area contributed by atoms with Gasteiger partial charge in [-0.3, -0.25) is 9.59 Å². The summed E-state index contributed by atoms with van der Waals surface area (Å²) >= 11 is 4.67. The minimum Gasteiger partial charge on any atom is -0.399 e. The summed E-state index contributed by atoms with van der Waals surface area (Å²) in [6.07, 6.45) is 0. The van der Waals surface area contributed by atoms with E-state index in [2.05, 4.69) is 15.9 Å². The molecule has 0 spiro atoms. The average molecular weight is 343 g/mol. The van der Waals surface area contributed by atoms with Crippen molar-refractivity contribution in [3.05, 3.63) is 44.9 Å². The highest BCUT2D eigenvalue weighted by Gasteiger charge is 2.13. The summed E-state index contributed by atoms with van der Waals surface area (Å²) in [5.41, 5.74) is 5.82. The molecule has 0 saturated heterocycles. The van der Waals surface area contributed by atoms with Crippen molar-refractivity contribution in [1.82, 2.24) is 4.74 Å². The van der Waals surface area contributed by atoms with E-state index >= 15 is 0 Å². The van der Waals surface area contributed by atoms with Crippen molar-refractivity contribution in [1.29, 1.82) is 0 Å². The summed E-state index contributed by atoms with van der Waals surface area (Å²) in [5, 5.41) is 0. The molecule has 0 aliphatic carbocycles. The molecule has 0 aliphatic rings. The van der Waals surface area contributed by atoms with Crippen LogP contribution in [0.25, 0.3) is 0 Å². The highest BCUT2D eigenvalue weighted by Crippen LogP contribution is 2.29. The number of rotatable bonds is 3. The molecule has 5 nitrogen and oxygen atoms in total. The predicted molar refractivity (Wildman–Crippen MR) is 77.6 cm³/mol. The van der Waals surface area contributed by atoms with Crippen LogP contribution in [-0.4, -0.2) is 16.4 Å². The molecule has 2 aromatic rings. The zero-order chi connectivity index (χ0) is 14.0. The van der Waals surface area contributed by atoms with E-state index in [1.165, 1.54) is 17.8 Å². The van der Waals surface area contributed by atoms with Gasteiger partial charge in [-0.2, -0.15) is 0 Å². The van der Waals surface area contributed by atoms with Gasteiger partial charge in [-0.25, -0.2) is 0 Å². The number of hydrogen-bond acceptors (Lipinski definition) is 5. The van der Waals surface area contributed by atoms with Crippen molar-refractivity contribution in [2.45, 2.75) is 11.8 Å². The fourth-order valence-electron chi connectivity index (χ4n) is 1.45. The SMILES string of the molecule is Cc1cc(=O)n(C(=O)CSc2ccc(N)cc2Br)o1. The number of halogens is 1. The lowest BCUT2D eigenvalue weighted by atomic mass is 10.3. The number of carbonyl (C=O) groups excluding carboxylic acids is 1. The first-order valence-electron chi connectivity index (χ1n) is 5.38. The maximum absolute atomic E-state index is 11.8. The van der Waals surface area contributed by atoms with Gasteiger partial charge in [0.25, 0.3) is 11.5 Å². The Hall–Kier alpha value is -1.47. The molecule has 7 heteroatoms. The van der Waals surface area contributed by atoms with Crippen LogP contribution in [0.1, 0.15) is 10.6 Å². The summed E-state index contributed by atoms with van der Waals surface area (Å²) < 4.78 is 6.61. The number of aryl methyl sites for hydroxylation is 1. The van der Waals surface area contributed by atoms with Crippen LogP contribution >= 0.6 is 27.7 Å². The molecular weight excluding hydrogens is 332 g/mol. The van der Waals surface area contributed by atoms with Crippen LogP contribution in [0.4, 0.5) is 5.69 Å². The molecule has 2 rings (SSSR count). The second-order valence-electron chi connectivity index (χ2n) is 3.85. The average Bonchev–Trinajstić information content (AvgIpc) is 2.67. The molecule has 19 heavy (non-hydrogen) atoms. The first kappa shape index (κ1) is 14.0. The van der Waals surface area contributed by atoms with E-state index < -0.39 is 11.5 Å². The van der Waals surface area contributed by atoms with E-state index in [4.69, 9.17) is 10.3 Å². The molecule has 0 atom stereocenters. The zero-order valence-electron chi connectivity index (χ0n) is 10.1. The third kappa shape index (κ3) is 3.30. The van der Waals surface area contributed by atoms with Gasteiger partial charge in [-0.05, 0) is 41.1 Å². The van der Waals surface area contributed by atoms with Gasteiger partial charge in [0.05, 0.1) is 5.75 Å². The van der Waals surface area contributed by atoms with Crippen LogP contribution in [0.15, 0.2) is 43.0 Å². The van der Waals surface area contributed by atoms with E-state index in [0.29, 0.717) is 11.4 Å². The summed E-state index contributed by atoms with van der Waals surface area (Å²) in [5.74, 6) is 0.124. The largest absolute Gasteiger partial charge is 0.399 e. The summed E-state index contributed by atoms with van der Waals surface area (Å²) in [6.45, 7) is 1.62. The monoisotopic (exact) mass is 342 g/mol. The van der Waals surface area contributed by atoms with Crippen LogP contribution in [0.3, 0.4) is 0 Å². The van der Waals surface area contributed by atoms with Crippen molar-refractivity contribution < 1.29 is 9.32 Å². The summed E-state index contributed by atoms with van der Waals surface area (Å²) in [4.78, 5) is 24.1. The van der Waals surface area contributed by atoms with Crippen molar-refractivity contribution >= 4 is 39.3 Å². The number of nitrogens with zero attached hydrogens (tertiary/aromatic N) is 1. The number of benzene rings is 1. The lowest BCUT2D eigenvalue weighted by Gasteiger charge is -2.04. The molecule has 1 aromatic carbocycles. The Morgan fingerprint density at radius 3 is 2.79 bits per heavy atom. The van der Waals surface area contributed by atoms with Crippen LogP contribution in [0.2, 0.25) is 0 Å². The molecule has 0 saturated carbocycles. The standard InChI is InChI=1S/C12H11BrN2O3S/c1-7-4-11(16)15(18-7)12(17)6-19-10-3-2-8(14)5-9(10)13/h2-5H,6,14H2,1H3. The Morgan fingerprint density at radius 1 is 1.47 bits per heavy atom. The molecule has 0 unspecified atom stereocenters. The second-order valence-corrected chi connectivity index (χ2v) is 5.72. The number of nitrogens with two attached hydrogens (primary N) is 1. The fourth-order valence-corrected chi connectivity index (χ4v) is 2.95. The summed E-state index contributed by atoms with van der Waals surface area (Å²) in [6, 6.07) is 6.60. The minimum atomic E-state index is -0.445. The highest BCUT2D eigenvalue weighted by atomic mass is 79.9. The highest BCUT2D eigenvalue weighted by molar-refractivity contribution is 9.10. The lowest BCUT2D eigenvalue weighted by molar-refractivity contribution is 0.0813. The number of hydrogen-bond donors (Lipinski definition) is 1. The number of anilines is 1. The van der Waals surface area contributed by atoms with E-state index in [1.54, 1.807) is 19.1 Å². The van der Waals surface area contributed by atoms with Crippen LogP contribution < -0.4 is 11.3 Å². The number of nitrogen functional groups attached to an aromatic ring is 1. The Bertz CT molecular complexity index is 678. The Balaban J connectivity index is 2.08. The number of thioether (sulfide) groups is 1. The quantitative estimate of drug-likeness (QED) is 0.684. The Morgan fingerprint density at radius 2 is 2.21 bits per heavy atom. The Kier molecular flexibility index (Phi) is 4.16. The van der Waals surface area contributed by atoms with Crippen molar-refractivity contribution in [3.63, 3.8) is 0 Å². The van der Waals surface area contributed by atoms with Gasteiger partial charge >= 0.3 is 0 Å². The number of carbonyl (C=O) groups is 1. The van der Waals surface area contributed by atoms with Gasteiger partial charge in [-0.15, -0.1) is 16.5 Å². The van der Waals surface area contributed by atoms with Crippen LogP contribution in [0.5, 0.6) is 0 Å². The zero-order valence-corrected chi connectivity index (χ0v) is 12.5. The van der Waals surface area contributed by atoms with Crippen LogP contribution in [-0.2, 0) is 0 Å². The van der Waals surface area contributed by atoms with Crippen molar-refractivity contribution in [2.75, 3.05) is 11.5 Å². The maximum atomic E-state index is 11.8. The topological polar surface area (TPSA) is 78.2 Å². The molecule has 0 radical (unpaired) electrons. The fraction of sp³-hybridized carbons (Fsp3) is 0.167. The van der Waals surface area contributed by atoms with E-state index in [-0.39, 0.29) is 5.75 Å². The van der Waals surface area contributed by atoms with Gasteiger partial charge in [0.1, 0.15) is 5.76 Å². The Labute approximate surface area is 121 Å². The molecule has 0 aliphatic heterocycles.